The monoisotopic (exact) mass is 319 g/mol. The van der Waals surface area contributed by atoms with Gasteiger partial charge in [-0.2, -0.15) is 0 Å². The van der Waals surface area contributed by atoms with E-state index in [1.54, 1.807) is 7.11 Å². The van der Waals surface area contributed by atoms with Gasteiger partial charge in [0.1, 0.15) is 0 Å². The van der Waals surface area contributed by atoms with Crippen LogP contribution in [0.1, 0.15) is 31.2 Å². The summed E-state index contributed by atoms with van der Waals surface area (Å²) in [5.74, 6) is 0.0741. The third kappa shape index (κ3) is 5.33. The second-order valence-corrected chi connectivity index (χ2v) is 5.82. The van der Waals surface area contributed by atoms with Gasteiger partial charge in [0.15, 0.2) is 0 Å². The number of anilines is 1. The summed E-state index contributed by atoms with van der Waals surface area (Å²) in [6.45, 7) is 1.70. The van der Waals surface area contributed by atoms with Gasteiger partial charge in [-0.05, 0) is 30.5 Å². The molecule has 126 valence electrons. The van der Waals surface area contributed by atoms with Crippen LogP contribution in [0, 0.1) is 0 Å². The number of piperidine rings is 1. The summed E-state index contributed by atoms with van der Waals surface area (Å²) >= 11 is 0. The van der Waals surface area contributed by atoms with E-state index in [1.807, 2.05) is 29.2 Å². The van der Waals surface area contributed by atoms with Crippen LogP contribution in [-0.2, 0) is 20.9 Å². The molecule has 1 fully saturated rings. The lowest BCUT2D eigenvalue weighted by Crippen LogP contribution is -2.34. The van der Waals surface area contributed by atoms with Crippen molar-refractivity contribution in [2.75, 3.05) is 25.5 Å². The highest BCUT2D eigenvalue weighted by molar-refractivity contribution is 5.91. The summed E-state index contributed by atoms with van der Waals surface area (Å²) < 4.78 is 5.11. The van der Waals surface area contributed by atoms with E-state index in [2.05, 4.69) is 5.32 Å². The minimum atomic E-state index is -0.274. The second kappa shape index (κ2) is 8.64. The van der Waals surface area contributed by atoms with Crippen LogP contribution in [0.4, 0.5) is 5.69 Å². The standard InChI is InChI=1S/C17H25N3O3/c1-23-15(11-18)10-16(21)19-14-6-4-5-13(9-14)12-20-8-3-2-7-17(20)22/h4-6,9,15H,2-3,7-8,10-12,18H2,1H3,(H,19,21). The maximum Gasteiger partial charge on any atom is 0.227 e. The summed E-state index contributed by atoms with van der Waals surface area (Å²) in [5.41, 5.74) is 7.26. The molecular weight excluding hydrogens is 294 g/mol. The number of likely N-dealkylation sites (tertiary alicyclic amines) is 1. The molecule has 1 aliphatic heterocycles. The average molecular weight is 319 g/mol. The van der Waals surface area contributed by atoms with Gasteiger partial charge < -0.3 is 20.7 Å². The fourth-order valence-corrected chi connectivity index (χ4v) is 2.68. The van der Waals surface area contributed by atoms with Gasteiger partial charge in [-0.25, -0.2) is 0 Å². The maximum absolute atomic E-state index is 12.0. The van der Waals surface area contributed by atoms with Crippen molar-refractivity contribution in [2.24, 2.45) is 5.73 Å². The molecule has 0 radical (unpaired) electrons. The highest BCUT2D eigenvalue weighted by Gasteiger charge is 2.18. The summed E-state index contributed by atoms with van der Waals surface area (Å²) in [7, 11) is 1.54. The molecule has 2 rings (SSSR count). The van der Waals surface area contributed by atoms with Gasteiger partial charge in [0.2, 0.25) is 11.8 Å². The molecule has 1 unspecified atom stereocenters. The van der Waals surface area contributed by atoms with Gasteiger partial charge in [0.05, 0.1) is 12.5 Å². The lowest BCUT2D eigenvalue weighted by Gasteiger charge is -2.26. The molecular formula is C17H25N3O3. The van der Waals surface area contributed by atoms with Crippen LogP contribution in [0.3, 0.4) is 0 Å². The summed E-state index contributed by atoms with van der Waals surface area (Å²) in [6.07, 6.45) is 2.62. The van der Waals surface area contributed by atoms with Gasteiger partial charge in [0, 0.05) is 38.9 Å². The number of hydrogen-bond acceptors (Lipinski definition) is 4. The fourth-order valence-electron chi connectivity index (χ4n) is 2.68. The number of benzene rings is 1. The topological polar surface area (TPSA) is 84.7 Å². The molecule has 3 N–H and O–H groups in total. The second-order valence-electron chi connectivity index (χ2n) is 5.82. The molecule has 0 aliphatic carbocycles. The minimum absolute atomic E-state index is 0.131. The van der Waals surface area contributed by atoms with Crippen molar-refractivity contribution < 1.29 is 14.3 Å². The Morgan fingerprint density at radius 1 is 1.43 bits per heavy atom. The van der Waals surface area contributed by atoms with Crippen LogP contribution in [0.15, 0.2) is 24.3 Å². The van der Waals surface area contributed by atoms with E-state index in [0.717, 1.165) is 30.6 Å². The SMILES string of the molecule is COC(CN)CC(=O)Nc1cccc(CN2CCCCC2=O)c1. The first kappa shape index (κ1) is 17.4. The van der Waals surface area contributed by atoms with E-state index < -0.39 is 0 Å². The van der Waals surface area contributed by atoms with Crippen molar-refractivity contribution in [1.82, 2.24) is 4.90 Å². The van der Waals surface area contributed by atoms with Gasteiger partial charge >= 0.3 is 0 Å². The van der Waals surface area contributed by atoms with E-state index in [4.69, 9.17) is 10.5 Å². The van der Waals surface area contributed by atoms with Crippen molar-refractivity contribution in [3.8, 4) is 0 Å². The number of ether oxygens (including phenoxy) is 1. The van der Waals surface area contributed by atoms with Crippen LogP contribution >= 0.6 is 0 Å². The van der Waals surface area contributed by atoms with Crippen LogP contribution in [0.2, 0.25) is 0 Å². The van der Waals surface area contributed by atoms with Gasteiger partial charge in [0.25, 0.3) is 0 Å². The molecule has 6 heteroatoms. The van der Waals surface area contributed by atoms with E-state index >= 15 is 0 Å². The molecule has 1 saturated heterocycles. The molecule has 0 aromatic heterocycles. The Kier molecular flexibility index (Phi) is 6.55. The Morgan fingerprint density at radius 3 is 2.96 bits per heavy atom. The number of nitrogens with one attached hydrogen (secondary N) is 1. The zero-order valence-corrected chi connectivity index (χ0v) is 13.6. The third-order valence-electron chi connectivity index (χ3n) is 4.01. The Labute approximate surface area is 137 Å². The highest BCUT2D eigenvalue weighted by Crippen LogP contribution is 2.17. The molecule has 23 heavy (non-hydrogen) atoms. The number of rotatable bonds is 7. The normalized spacial score (nSPS) is 16.3. The Bertz CT molecular complexity index is 544. The van der Waals surface area contributed by atoms with Crippen molar-refractivity contribution >= 4 is 17.5 Å². The molecule has 2 amide bonds. The minimum Gasteiger partial charge on any atom is -0.380 e. The van der Waals surface area contributed by atoms with Crippen LogP contribution in [0.25, 0.3) is 0 Å². The smallest absolute Gasteiger partial charge is 0.227 e. The molecule has 6 nitrogen and oxygen atoms in total. The lowest BCUT2D eigenvalue weighted by molar-refractivity contribution is -0.133. The first-order chi connectivity index (χ1) is 11.1. The molecule has 0 bridgehead atoms. The fraction of sp³-hybridized carbons (Fsp3) is 0.529. The van der Waals surface area contributed by atoms with Crippen LogP contribution < -0.4 is 11.1 Å². The predicted octanol–water partition coefficient (Wildman–Crippen LogP) is 1.50. The van der Waals surface area contributed by atoms with E-state index in [-0.39, 0.29) is 24.3 Å². The lowest BCUT2D eigenvalue weighted by atomic mass is 10.1. The number of hydrogen-bond donors (Lipinski definition) is 2. The molecule has 1 atom stereocenters. The van der Waals surface area contributed by atoms with Crippen molar-refractivity contribution in [2.45, 2.75) is 38.3 Å². The summed E-state index contributed by atoms with van der Waals surface area (Å²) in [4.78, 5) is 25.7. The summed E-state index contributed by atoms with van der Waals surface area (Å²) in [6, 6.07) is 7.60. The van der Waals surface area contributed by atoms with Crippen molar-refractivity contribution in [3.63, 3.8) is 0 Å². The third-order valence-corrected chi connectivity index (χ3v) is 4.01. The molecule has 0 saturated carbocycles. The number of carbonyl (C=O) groups is 2. The number of nitrogens with zero attached hydrogens (tertiary/aromatic N) is 1. The first-order valence-electron chi connectivity index (χ1n) is 8.02. The molecule has 1 aromatic rings. The van der Waals surface area contributed by atoms with Crippen LogP contribution in [-0.4, -0.2) is 43.0 Å². The number of nitrogens with two attached hydrogens (primary N) is 1. The Morgan fingerprint density at radius 2 is 2.26 bits per heavy atom. The van der Waals surface area contributed by atoms with E-state index in [1.165, 1.54) is 0 Å². The largest absolute Gasteiger partial charge is 0.380 e. The van der Waals surface area contributed by atoms with Crippen molar-refractivity contribution in [3.05, 3.63) is 29.8 Å². The molecule has 1 aliphatic rings. The van der Waals surface area contributed by atoms with E-state index in [9.17, 15) is 9.59 Å². The molecule has 1 heterocycles. The number of carbonyl (C=O) groups excluding carboxylic acids is 2. The van der Waals surface area contributed by atoms with Crippen molar-refractivity contribution in [1.29, 1.82) is 0 Å². The zero-order chi connectivity index (χ0) is 16.7. The number of methoxy groups -OCH3 is 1. The first-order valence-corrected chi connectivity index (χ1v) is 8.02. The Hall–Kier alpha value is -1.92. The number of amides is 2. The highest BCUT2D eigenvalue weighted by atomic mass is 16.5. The average Bonchev–Trinajstić information content (AvgIpc) is 2.55. The zero-order valence-electron chi connectivity index (χ0n) is 13.6. The van der Waals surface area contributed by atoms with E-state index in [0.29, 0.717) is 19.5 Å². The quantitative estimate of drug-likeness (QED) is 0.797. The molecule has 1 aromatic carbocycles. The summed E-state index contributed by atoms with van der Waals surface area (Å²) in [5, 5.41) is 2.85. The predicted molar refractivity (Wildman–Crippen MR) is 88.8 cm³/mol. The van der Waals surface area contributed by atoms with Gasteiger partial charge in [-0.3, -0.25) is 9.59 Å². The van der Waals surface area contributed by atoms with Gasteiger partial charge in [-0.15, -0.1) is 0 Å². The van der Waals surface area contributed by atoms with Crippen LogP contribution in [0.5, 0.6) is 0 Å². The maximum atomic E-state index is 12.0. The molecule has 0 spiro atoms. The van der Waals surface area contributed by atoms with Gasteiger partial charge in [-0.1, -0.05) is 12.1 Å². The Balaban J connectivity index is 1.94.